The quantitative estimate of drug-likeness (QED) is 0.669. The van der Waals surface area contributed by atoms with Gasteiger partial charge in [-0.2, -0.15) is 8.78 Å². The van der Waals surface area contributed by atoms with Crippen molar-refractivity contribution in [1.82, 2.24) is 9.97 Å². The zero-order valence-corrected chi connectivity index (χ0v) is 11.4. The molecule has 1 aromatic carbocycles. The predicted octanol–water partition coefficient (Wildman–Crippen LogP) is 4.30. The van der Waals surface area contributed by atoms with Crippen molar-refractivity contribution in [1.29, 1.82) is 0 Å². The standard InChI is InChI=1S/C11H8BrF2N3S/c12-9-5-10(16-6-15-9)17-7-3-1-2-4-8(7)18-11(13)14/h1-6,11H,(H,15,16,17). The molecule has 1 heterocycles. The Morgan fingerprint density at radius 2 is 2.00 bits per heavy atom. The van der Waals surface area contributed by atoms with Crippen LogP contribution in [-0.2, 0) is 0 Å². The van der Waals surface area contributed by atoms with Gasteiger partial charge in [-0.25, -0.2) is 9.97 Å². The first-order valence-electron chi connectivity index (χ1n) is 4.93. The van der Waals surface area contributed by atoms with Gasteiger partial charge in [-0.15, -0.1) is 0 Å². The molecule has 2 aromatic rings. The van der Waals surface area contributed by atoms with E-state index in [9.17, 15) is 8.78 Å². The predicted molar refractivity (Wildman–Crippen MR) is 71.3 cm³/mol. The third kappa shape index (κ3) is 3.64. The monoisotopic (exact) mass is 331 g/mol. The van der Waals surface area contributed by atoms with Crippen LogP contribution >= 0.6 is 27.7 Å². The molecule has 18 heavy (non-hydrogen) atoms. The van der Waals surface area contributed by atoms with Crippen LogP contribution in [-0.4, -0.2) is 15.7 Å². The molecule has 0 spiro atoms. The smallest absolute Gasteiger partial charge is 0.288 e. The molecule has 1 aromatic heterocycles. The maximum atomic E-state index is 12.4. The van der Waals surface area contributed by atoms with Gasteiger partial charge in [0.1, 0.15) is 16.7 Å². The van der Waals surface area contributed by atoms with Crippen LogP contribution in [0.1, 0.15) is 0 Å². The highest BCUT2D eigenvalue weighted by atomic mass is 79.9. The van der Waals surface area contributed by atoms with Crippen LogP contribution in [0.2, 0.25) is 0 Å². The summed E-state index contributed by atoms with van der Waals surface area (Å²) >= 11 is 3.72. The summed E-state index contributed by atoms with van der Waals surface area (Å²) in [6, 6.07) is 8.51. The van der Waals surface area contributed by atoms with Crippen molar-refractivity contribution in [2.24, 2.45) is 0 Å². The number of alkyl halides is 2. The van der Waals surface area contributed by atoms with E-state index < -0.39 is 5.76 Å². The van der Waals surface area contributed by atoms with Gasteiger partial charge in [0.05, 0.1) is 5.69 Å². The molecule has 0 atom stereocenters. The second-order valence-corrected chi connectivity index (χ2v) is 5.07. The van der Waals surface area contributed by atoms with Gasteiger partial charge in [0.2, 0.25) is 0 Å². The number of nitrogens with one attached hydrogen (secondary N) is 1. The minimum absolute atomic E-state index is 0.474. The molecule has 0 radical (unpaired) electrons. The molecule has 0 aliphatic heterocycles. The zero-order chi connectivity index (χ0) is 13.0. The van der Waals surface area contributed by atoms with Crippen molar-refractivity contribution < 1.29 is 8.78 Å². The maximum absolute atomic E-state index is 12.4. The van der Waals surface area contributed by atoms with Gasteiger partial charge < -0.3 is 5.32 Å². The Bertz CT molecular complexity index is 539. The Morgan fingerprint density at radius 3 is 2.72 bits per heavy atom. The van der Waals surface area contributed by atoms with Crippen LogP contribution in [0.4, 0.5) is 20.3 Å². The van der Waals surface area contributed by atoms with Crippen molar-refractivity contribution >= 4 is 39.2 Å². The number of hydrogen-bond donors (Lipinski definition) is 1. The van der Waals surface area contributed by atoms with E-state index in [4.69, 9.17) is 0 Å². The summed E-state index contributed by atoms with van der Waals surface area (Å²) in [4.78, 5) is 8.37. The number of para-hydroxylation sites is 1. The fourth-order valence-corrected chi connectivity index (χ4v) is 2.21. The highest BCUT2D eigenvalue weighted by Crippen LogP contribution is 2.33. The number of aromatic nitrogens is 2. The van der Waals surface area contributed by atoms with E-state index in [1.807, 2.05) is 0 Å². The number of benzene rings is 1. The minimum Gasteiger partial charge on any atom is -0.339 e. The third-order valence-electron chi connectivity index (χ3n) is 2.00. The number of anilines is 2. The number of halogens is 3. The summed E-state index contributed by atoms with van der Waals surface area (Å²) in [6.45, 7) is 0. The Balaban J connectivity index is 2.23. The summed E-state index contributed by atoms with van der Waals surface area (Å²) in [5, 5.41) is 2.98. The van der Waals surface area contributed by atoms with Crippen LogP contribution in [0, 0.1) is 0 Å². The van der Waals surface area contributed by atoms with Crippen LogP contribution in [0.3, 0.4) is 0 Å². The second kappa shape index (κ2) is 6.10. The topological polar surface area (TPSA) is 37.8 Å². The third-order valence-corrected chi connectivity index (χ3v) is 3.22. The SMILES string of the molecule is FC(F)Sc1ccccc1Nc1cc(Br)ncn1. The van der Waals surface area contributed by atoms with E-state index in [-0.39, 0.29) is 0 Å². The Kier molecular flexibility index (Phi) is 4.48. The van der Waals surface area contributed by atoms with E-state index in [1.54, 1.807) is 30.3 Å². The van der Waals surface area contributed by atoms with Crippen molar-refractivity contribution in [2.75, 3.05) is 5.32 Å². The second-order valence-electron chi connectivity index (χ2n) is 3.23. The number of thioether (sulfide) groups is 1. The molecule has 7 heteroatoms. The Morgan fingerprint density at radius 1 is 1.22 bits per heavy atom. The molecule has 0 saturated heterocycles. The van der Waals surface area contributed by atoms with Crippen LogP contribution in [0.25, 0.3) is 0 Å². The lowest BCUT2D eigenvalue weighted by Crippen LogP contribution is -1.96. The molecule has 0 aliphatic carbocycles. The number of rotatable bonds is 4. The normalized spacial score (nSPS) is 10.7. The van der Waals surface area contributed by atoms with Gasteiger partial charge in [0.15, 0.2) is 0 Å². The molecule has 2 rings (SSSR count). The van der Waals surface area contributed by atoms with E-state index in [2.05, 4.69) is 31.2 Å². The largest absolute Gasteiger partial charge is 0.339 e. The molecule has 1 N–H and O–H groups in total. The Labute approximate surface area is 115 Å². The van der Waals surface area contributed by atoms with Gasteiger partial charge in [-0.05, 0) is 28.1 Å². The molecule has 0 saturated carbocycles. The fourth-order valence-electron chi connectivity index (χ4n) is 1.31. The van der Waals surface area contributed by atoms with E-state index in [1.165, 1.54) is 6.33 Å². The average molecular weight is 332 g/mol. The molecule has 0 amide bonds. The lowest BCUT2D eigenvalue weighted by atomic mass is 10.3. The highest BCUT2D eigenvalue weighted by molar-refractivity contribution is 9.10. The van der Waals surface area contributed by atoms with Gasteiger partial charge >= 0.3 is 0 Å². The lowest BCUT2D eigenvalue weighted by molar-refractivity contribution is 0.252. The van der Waals surface area contributed by atoms with Crippen molar-refractivity contribution in [3.05, 3.63) is 41.3 Å². The summed E-state index contributed by atoms with van der Waals surface area (Å²) in [5.41, 5.74) is 0.591. The summed E-state index contributed by atoms with van der Waals surface area (Å²) in [7, 11) is 0. The number of nitrogens with zero attached hydrogens (tertiary/aromatic N) is 2. The first-order valence-corrected chi connectivity index (χ1v) is 6.61. The maximum Gasteiger partial charge on any atom is 0.288 e. The average Bonchev–Trinajstić information content (AvgIpc) is 2.31. The molecule has 0 aliphatic rings. The first-order chi connectivity index (χ1) is 8.65. The molecule has 3 nitrogen and oxygen atoms in total. The molecular weight excluding hydrogens is 324 g/mol. The summed E-state index contributed by atoms with van der Waals surface area (Å²) in [6.07, 6.45) is 1.38. The molecule has 0 unspecified atom stereocenters. The van der Waals surface area contributed by atoms with Crippen molar-refractivity contribution in [2.45, 2.75) is 10.7 Å². The molecular formula is C11H8BrF2N3S. The van der Waals surface area contributed by atoms with Crippen LogP contribution in [0.15, 0.2) is 46.2 Å². The number of hydrogen-bond acceptors (Lipinski definition) is 4. The summed E-state index contributed by atoms with van der Waals surface area (Å²) < 4.78 is 25.4. The van der Waals surface area contributed by atoms with Gasteiger partial charge in [-0.1, -0.05) is 23.9 Å². The fraction of sp³-hybridized carbons (Fsp3) is 0.0909. The molecule has 94 valence electrons. The van der Waals surface area contributed by atoms with Crippen molar-refractivity contribution in [3.8, 4) is 0 Å². The van der Waals surface area contributed by atoms with E-state index in [0.29, 0.717) is 32.8 Å². The lowest BCUT2D eigenvalue weighted by Gasteiger charge is -2.10. The van der Waals surface area contributed by atoms with Gasteiger partial charge in [-0.3, -0.25) is 0 Å². The van der Waals surface area contributed by atoms with Crippen LogP contribution < -0.4 is 5.32 Å². The van der Waals surface area contributed by atoms with Crippen LogP contribution in [0.5, 0.6) is 0 Å². The minimum atomic E-state index is -2.45. The Hall–Kier alpha value is -1.21. The summed E-state index contributed by atoms with van der Waals surface area (Å²) in [5.74, 6) is -1.91. The molecule has 0 fully saturated rings. The highest BCUT2D eigenvalue weighted by Gasteiger charge is 2.10. The first kappa shape index (κ1) is 13.2. The van der Waals surface area contributed by atoms with E-state index >= 15 is 0 Å². The van der Waals surface area contributed by atoms with Gasteiger partial charge in [0.25, 0.3) is 5.76 Å². The van der Waals surface area contributed by atoms with Crippen molar-refractivity contribution in [3.63, 3.8) is 0 Å². The van der Waals surface area contributed by atoms with Gasteiger partial charge in [0, 0.05) is 11.0 Å². The zero-order valence-electron chi connectivity index (χ0n) is 8.98. The molecule has 0 bridgehead atoms. The van der Waals surface area contributed by atoms with E-state index in [0.717, 1.165) is 0 Å².